The van der Waals surface area contributed by atoms with Crippen molar-refractivity contribution in [3.63, 3.8) is 0 Å². The summed E-state index contributed by atoms with van der Waals surface area (Å²) < 4.78 is 6.61. The highest BCUT2D eigenvalue weighted by Crippen LogP contribution is 2.23. The molecule has 0 spiro atoms. The van der Waals surface area contributed by atoms with Gasteiger partial charge in [-0.2, -0.15) is 0 Å². The van der Waals surface area contributed by atoms with Gasteiger partial charge in [0.25, 0.3) is 0 Å². The van der Waals surface area contributed by atoms with Crippen LogP contribution in [-0.4, -0.2) is 31.2 Å². The van der Waals surface area contributed by atoms with Crippen molar-refractivity contribution in [2.45, 2.75) is 25.4 Å². The Kier molecular flexibility index (Phi) is 4.96. The first-order valence-electron chi connectivity index (χ1n) is 6.48. The number of hydrogen-bond acceptors (Lipinski definition) is 3. The van der Waals surface area contributed by atoms with Gasteiger partial charge in [0.15, 0.2) is 0 Å². The number of benzene rings is 1. The molecule has 1 aromatic rings. The molecule has 0 aliphatic carbocycles. The second-order valence-corrected chi connectivity index (χ2v) is 5.98. The van der Waals surface area contributed by atoms with Crippen molar-refractivity contribution in [1.82, 2.24) is 5.32 Å². The Morgan fingerprint density at radius 1 is 1.53 bits per heavy atom. The average Bonchev–Trinajstić information content (AvgIpc) is 2.76. The lowest BCUT2D eigenvalue weighted by Gasteiger charge is -2.23. The molecule has 1 aromatic carbocycles. The normalized spacial score (nSPS) is 22.4. The van der Waals surface area contributed by atoms with Gasteiger partial charge in [-0.1, -0.05) is 22.0 Å². The van der Waals surface area contributed by atoms with Crippen molar-refractivity contribution >= 4 is 27.5 Å². The molecule has 1 saturated heterocycles. The highest BCUT2D eigenvalue weighted by Gasteiger charge is 2.29. The molecule has 1 atom stereocenters. The summed E-state index contributed by atoms with van der Waals surface area (Å²) in [4.78, 5) is 11.8. The number of carbonyl (C=O) groups excluding carboxylic acids is 1. The molecule has 5 heteroatoms. The first kappa shape index (κ1) is 14.5. The van der Waals surface area contributed by atoms with Crippen LogP contribution in [0.25, 0.3) is 0 Å². The summed E-state index contributed by atoms with van der Waals surface area (Å²) in [6.07, 6.45) is 2.15. The molecule has 1 aliphatic rings. The monoisotopic (exact) mass is 326 g/mol. The van der Waals surface area contributed by atoms with Gasteiger partial charge in [0.2, 0.25) is 5.91 Å². The molecular formula is C14H19BrN2O2. The minimum absolute atomic E-state index is 0.0419. The summed E-state index contributed by atoms with van der Waals surface area (Å²) in [5.74, 6) is -0.0419. The van der Waals surface area contributed by atoms with Crippen LogP contribution in [0.2, 0.25) is 0 Å². The number of halogens is 1. The maximum Gasteiger partial charge on any atom is 0.238 e. The van der Waals surface area contributed by atoms with Gasteiger partial charge in [0, 0.05) is 23.3 Å². The van der Waals surface area contributed by atoms with E-state index in [1.807, 2.05) is 24.3 Å². The Balaban J connectivity index is 1.73. The van der Waals surface area contributed by atoms with Crippen molar-refractivity contribution in [2.24, 2.45) is 0 Å². The molecule has 1 heterocycles. The maximum absolute atomic E-state index is 11.8. The molecule has 0 radical (unpaired) electrons. The van der Waals surface area contributed by atoms with Crippen LogP contribution in [0.3, 0.4) is 0 Å². The molecular weight excluding hydrogens is 308 g/mol. The first-order chi connectivity index (χ1) is 9.07. The van der Waals surface area contributed by atoms with Crippen LogP contribution in [0.5, 0.6) is 0 Å². The quantitative estimate of drug-likeness (QED) is 0.874. The zero-order valence-electron chi connectivity index (χ0n) is 11.0. The number of hydrogen-bond donors (Lipinski definition) is 2. The number of carbonyl (C=O) groups is 1. The van der Waals surface area contributed by atoms with Gasteiger partial charge in [0.05, 0.1) is 12.1 Å². The molecule has 0 aromatic heterocycles. The predicted octanol–water partition coefficient (Wildman–Crippen LogP) is 2.55. The Labute approximate surface area is 122 Å². The number of ether oxygens (including phenoxy) is 1. The van der Waals surface area contributed by atoms with Crippen molar-refractivity contribution in [3.05, 3.63) is 28.7 Å². The van der Waals surface area contributed by atoms with Crippen molar-refractivity contribution in [3.8, 4) is 0 Å². The molecule has 0 saturated carbocycles. The van der Waals surface area contributed by atoms with Gasteiger partial charge in [0.1, 0.15) is 0 Å². The third kappa shape index (κ3) is 4.60. The van der Waals surface area contributed by atoms with E-state index >= 15 is 0 Å². The number of rotatable bonds is 5. The average molecular weight is 327 g/mol. The van der Waals surface area contributed by atoms with Crippen LogP contribution < -0.4 is 10.6 Å². The van der Waals surface area contributed by atoms with E-state index in [4.69, 9.17) is 4.74 Å². The molecule has 1 amide bonds. The first-order valence-corrected chi connectivity index (χ1v) is 7.27. The third-order valence-electron chi connectivity index (χ3n) is 3.19. The van der Waals surface area contributed by atoms with Crippen LogP contribution in [0.15, 0.2) is 28.7 Å². The van der Waals surface area contributed by atoms with Gasteiger partial charge in [-0.15, -0.1) is 0 Å². The molecule has 104 valence electrons. The Hall–Kier alpha value is -0.910. The standard InChI is InChI=1S/C14H19BrN2O2/c1-14(6-3-7-19-14)10-16-9-13(18)17-12-5-2-4-11(15)8-12/h2,4-5,8,16H,3,6-7,9-10H2,1H3,(H,17,18). The third-order valence-corrected chi connectivity index (χ3v) is 3.69. The van der Waals surface area contributed by atoms with Gasteiger partial charge in [-0.3, -0.25) is 4.79 Å². The Bertz CT molecular complexity index is 445. The van der Waals surface area contributed by atoms with Crippen molar-refractivity contribution in [1.29, 1.82) is 0 Å². The molecule has 1 fully saturated rings. The van der Waals surface area contributed by atoms with Crippen LogP contribution in [-0.2, 0) is 9.53 Å². The predicted molar refractivity (Wildman–Crippen MR) is 79.2 cm³/mol. The van der Waals surface area contributed by atoms with Crippen LogP contribution in [0.1, 0.15) is 19.8 Å². The Morgan fingerprint density at radius 2 is 2.37 bits per heavy atom. The van der Waals surface area contributed by atoms with Gasteiger partial charge in [-0.05, 0) is 38.0 Å². The van der Waals surface area contributed by atoms with Crippen molar-refractivity contribution in [2.75, 3.05) is 25.0 Å². The van der Waals surface area contributed by atoms with E-state index < -0.39 is 0 Å². The molecule has 2 rings (SSSR count). The maximum atomic E-state index is 11.8. The van der Waals surface area contributed by atoms with E-state index in [9.17, 15) is 4.79 Å². The van der Waals surface area contributed by atoms with Gasteiger partial charge in [-0.25, -0.2) is 0 Å². The zero-order valence-corrected chi connectivity index (χ0v) is 12.6. The van der Waals surface area contributed by atoms with E-state index in [0.29, 0.717) is 13.1 Å². The second kappa shape index (κ2) is 6.50. The number of anilines is 1. The Morgan fingerprint density at radius 3 is 3.05 bits per heavy atom. The summed E-state index contributed by atoms with van der Waals surface area (Å²) in [7, 11) is 0. The summed E-state index contributed by atoms with van der Waals surface area (Å²) in [5.41, 5.74) is 0.681. The lowest BCUT2D eigenvalue weighted by molar-refractivity contribution is -0.115. The van der Waals surface area contributed by atoms with E-state index in [2.05, 4.69) is 33.5 Å². The smallest absolute Gasteiger partial charge is 0.238 e. The summed E-state index contributed by atoms with van der Waals surface area (Å²) in [6.45, 7) is 3.91. The van der Waals surface area contributed by atoms with E-state index in [-0.39, 0.29) is 11.5 Å². The molecule has 19 heavy (non-hydrogen) atoms. The topological polar surface area (TPSA) is 50.4 Å². The molecule has 1 aliphatic heterocycles. The number of amides is 1. The minimum atomic E-state index is -0.115. The van der Waals surface area contributed by atoms with Crippen LogP contribution >= 0.6 is 15.9 Å². The SMILES string of the molecule is CC1(CNCC(=O)Nc2cccc(Br)c2)CCCO1. The molecule has 4 nitrogen and oxygen atoms in total. The fourth-order valence-electron chi connectivity index (χ4n) is 2.19. The lowest BCUT2D eigenvalue weighted by atomic mass is 10.0. The zero-order chi connectivity index (χ0) is 13.7. The second-order valence-electron chi connectivity index (χ2n) is 5.06. The van der Waals surface area contributed by atoms with Crippen LogP contribution in [0.4, 0.5) is 5.69 Å². The summed E-state index contributed by atoms with van der Waals surface area (Å²) in [6, 6.07) is 7.55. The molecule has 1 unspecified atom stereocenters. The fraction of sp³-hybridized carbons (Fsp3) is 0.500. The van der Waals surface area contributed by atoms with Crippen LogP contribution in [0, 0.1) is 0 Å². The van der Waals surface area contributed by atoms with Gasteiger partial charge >= 0.3 is 0 Å². The summed E-state index contributed by atoms with van der Waals surface area (Å²) >= 11 is 3.37. The molecule has 0 bridgehead atoms. The fourth-order valence-corrected chi connectivity index (χ4v) is 2.59. The lowest BCUT2D eigenvalue weighted by Crippen LogP contribution is -2.40. The largest absolute Gasteiger partial charge is 0.374 e. The number of nitrogens with one attached hydrogen (secondary N) is 2. The highest BCUT2D eigenvalue weighted by molar-refractivity contribution is 9.10. The molecule has 2 N–H and O–H groups in total. The summed E-state index contributed by atoms with van der Waals surface area (Å²) in [5, 5.41) is 6.00. The van der Waals surface area contributed by atoms with E-state index in [1.165, 1.54) is 0 Å². The van der Waals surface area contributed by atoms with Crippen molar-refractivity contribution < 1.29 is 9.53 Å². The van der Waals surface area contributed by atoms with E-state index in [0.717, 1.165) is 29.6 Å². The van der Waals surface area contributed by atoms with Gasteiger partial charge < -0.3 is 15.4 Å². The minimum Gasteiger partial charge on any atom is -0.374 e. The van der Waals surface area contributed by atoms with E-state index in [1.54, 1.807) is 0 Å². The highest BCUT2D eigenvalue weighted by atomic mass is 79.9.